The van der Waals surface area contributed by atoms with Crippen molar-refractivity contribution in [2.75, 3.05) is 13.1 Å². The summed E-state index contributed by atoms with van der Waals surface area (Å²) in [6.45, 7) is 3.89. The Kier molecular flexibility index (Phi) is 5.42. The molecule has 1 aliphatic heterocycles. The van der Waals surface area contributed by atoms with Crippen LogP contribution in [0.15, 0.2) is 0 Å². The van der Waals surface area contributed by atoms with Crippen molar-refractivity contribution in [3.05, 3.63) is 0 Å². The Morgan fingerprint density at radius 3 is 3.00 bits per heavy atom. The lowest BCUT2D eigenvalue weighted by molar-refractivity contribution is -0.118. The first-order chi connectivity index (χ1) is 7.24. The Balaban J connectivity index is 2.36. The van der Waals surface area contributed by atoms with E-state index < -0.39 is 0 Å². The van der Waals surface area contributed by atoms with Crippen molar-refractivity contribution in [2.45, 2.75) is 51.5 Å². The van der Waals surface area contributed by atoms with E-state index >= 15 is 0 Å². The topological polar surface area (TPSA) is 20.3 Å². The highest BCUT2D eigenvalue weighted by molar-refractivity contribution is 5.76. The van der Waals surface area contributed by atoms with Crippen LogP contribution in [0.25, 0.3) is 0 Å². The normalized spacial score (nSPS) is 22.3. The number of hydrogen-bond donors (Lipinski definition) is 0. The van der Waals surface area contributed by atoms with Crippen molar-refractivity contribution >= 4 is 5.78 Å². The number of hydrogen-bond acceptors (Lipinski definition) is 2. The maximum atomic E-state index is 11.1. The average Bonchev–Trinajstić information content (AvgIpc) is 2.20. The number of rotatable bonds is 5. The van der Waals surface area contributed by atoms with Crippen molar-refractivity contribution in [3.63, 3.8) is 0 Å². The second-order valence-corrected chi connectivity index (χ2v) is 4.40. The van der Waals surface area contributed by atoms with Crippen LogP contribution >= 0.6 is 0 Å². The zero-order valence-corrected chi connectivity index (χ0v) is 9.67. The maximum Gasteiger partial charge on any atom is 0.131 e. The molecule has 1 heterocycles. The molecule has 15 heavy (non-hydrogen) atoms. The van der Waals surface area contributed by atoms with Gasteiger partial charge in [-0.05, 0) is 39.3 Å². The van der Waals surface area contributed by atoms with Gasteiger partial charge in [0.25, 0.3) is 0 Å². The lowest BCUT2D eigenvalue weighted by Gasteiger charge is -2.35. The van der Waals surface area contributed by atoms with Gasteiger partial charge in [0, 0.05) is 18.9 Å². The van der Waals surface area contributed by atoms with E-state index in [0.717, 1.165) is 32.4 Å². The Morgan fingerprint density at radius 2 is 2.33 bits per heavy atom. The molecular formula is C13H21NO. The van der Waals surface area contributed by atoms with Crippen LogP contribution in [0, 0.1) is 12.3 Å². The third-order valence-corrected chi connectivity index (χ3v) is 3.04. The zero-order chi connectivity index (χ0) is 11.1. The van der Waals surface area contributed by atoms with E-state index in [0.29, 0.717) is 11.8 Å². The SMILES string of the molecule is C#CCCCN1CCCCC1CC(C)=O. The summed E-state index contributed by atoms with van der Waals surface area (Å²) in [5, 5.41) is 0. The number of unbranched alkanes of at least 4 members (excludes halogenated alkanes) is 1. The van der Waals surface area contributed by atoms with Crippen LogP contribution in [-0.2, 0) is 4.79 Å². The molecule has 1 unspecified atom stereocenters. The standard InChI is InChI=1S/C13H21NO/c1-3-4-6-9-14-10-7-5-8-13(14)11-12(2)15/h1,13H,4-11H2,2H3. The highest BCUT2D eigenvalue weighted by atomic mass is 16.1. The third kappa shape index (κ3) is 4.48. The third-order valence-electron chi connectivity index (χ3n) is 3.04. The smallest absolute Gasteiger partial charge is 0.131 e. The molecule has 2 nitrogen and oxygen atoms in total. The van der Waals surface area contributed by atoms with Crippen molar-refractivity contribution < 1.29 is 4.79 Å². The average molecular weight is 207 g/mol. The number of piperidine rings is 1. The minimum Gasteiger partial charge on any atom is -0.300 e. The second kappa shape index (κ2) is 6.63. The fourth-order valence-corrected chi connectivity index (χ4v) is 2.30. The van der Waals surface area contributed by atoms with E-state index in [-0.39, 0.29) is 0 Å². The Morgan fingerprint density at radius 1 is 1.53 bits per heavy atom. The first-order valence-electron chi connectivity index (χ1n) is 5.91. The first kappa shape index (κ1) is 12.3. The molecule has 0 spiro atoms. The van der Waals surface area contributed by atoms with E-state index in [1.807, 2.05) is 0 Å². The lowest BCUT2D eigenvalue weighted by atomic mass is 9.97. The number of likely N-dealkylation sites (tertiary alicyclic amines) is 1. The molecule has 0 bridgehead atoms. The lowest BCUT2D eigenvalue weighted by Crippen LogP contribution is -2.41. The van der Waals surface area contributed by atoms with Crippen molar-refractivity contribution in [3.8, 4) is 12.3 Å². The molecule has 1 fully saturated rings. The molecule has 1 rings (SSSR count). The molecule has 0 aliphatic carbocycles. The maximum absolute atomic E-state index is 11.1. The number of carbonyl (C=O) groups excluding carboxylic acids is 1. The molecule has 1 atom stereocenters. The monoisotopic (exact) mass is 207 g/mol. The summed E-state index contributed by atoms with van der Waals surface area (Å²) in [5.41, 5.74) is 0. The largest absolute Gasteiger partial charge is 0.300 e. The van der Waals surface area contributed by atoms with Gasteiger partial charge in [-0.15, -0.1) is 12.3 Å². The Hall–Kier alpha value is -0.810. The Bertz CT molecular complexity index is 241. The number of Topliss-reactive ketones (excluding diaryl/α,β-unsaturated/α-hetero) is 1. The second-order valence-electron chi connectivity index (χ2n) is 4.40. The van der Waals surface area contributed by atoms with Gasteiger partial charge in [0.15, 0.2) is 0 Å². The van der Waals surface area contributed by atoms with Gasteiger partial charge < -0.3 is 0 Å². The van der Waals surface area contributed by atoms with Crippen LogP contribution < -0.4 is 0 Å². The van der Waals surface area contributed by atoms with E-state index in [9.17, 15) is 4.79 Å². The molecule has 0 aromatic carbocycles. The fraction of sp³-hybridized carbons (Fsp3) is 0.769. The molecule has 0 saturated carbocycles. The molecular weight excluding hydrogens is 186 g/mol. The number of ketones is 1. The zero-order valence-electron chi connectivity index (χ0n) is 9.67. The quantitative estimate of drug-likeness (QED) is 0.509. The van der Waals surface area contributed by atoms with E-state index in [1.165, 1.54) is 19.3 Å². The van der Waals surface area contributed by atoms with Crippen molar-refractivity contribution in [2.24, 2.45) is 0 Å². The van der Waals surface area contributed by atoms with Crippen LogP contribution in [0.3, 0.4) is 0 Å². The summed E-state index contributed by atoms with van der Waals surface area (Å²) >= 11 is 0. The molecule has 2 heteroatoms. The highest BCUT2D eigenvalue weighted by Gasteiger charge is 2.22. The van der Waals surface area contributed by atoms with Gasteiger partial charge >= 0.3 is 0 Å². The van der Waals surface area contributed by atoms with Gasteiger partial charge in [0.1, 0.15) is 5.78 Å². The number of carbonyl (C=O) groups is 1. The summed E-state index contributed by atoms with van der Waals surface area (Å²) < 4.78 is 0. The number of nitrogens with zero attached hydrogens (tertiary/aromatic N) is 1. The number of terminal acetylenes is 1. The summed E-state index contributed by atoms with van der Waals surface area (Å²) in [6.07, 6.45) is 11.6. The fourth-order valence-electron chi connectivity index (χ4n) is 2.30. The highest BCUT2D eigenvalue weighted by Crippen LogP contribution is 2.20. The van der Waals surface area contributed by atoms with Gasteiger partial charge in [-0.3, -0.25) is 9.69 Å². The van der Waals surface area contributed by atoms with Crippen molar-refractivity contribution in [1.82, 2.24) is 4.90 Å². The molecule has 0 aromatic rings. The predicted octanol–water partition coefficient (Wildman–Crippen LogP) is 2.23. The van der Waals surface area contributed by atoms with Crippen LogP contribution in [0.2, 0.25) is 0 Å². The van der Waals surface area contributed by atoms with E-state index in [1.54, 1.807) is 6.92 Å². The molecule has 1 saturated heterocycles. The molecule has 1 aliphatic rings. The summed E-state index contributed by atoms with van der Waals surface area (Å²) in [7, 11) is 0. The van der Waals surface area contributed by atoms with Crippen LogP contribution in [0.4, 0.5) is 0 Å². The first-order valence-corrected chi connectivity index (χ1v) is 5.91. The minimum absolute atomic E-state index is 0.309. The Labute approximate surface area is 93.0 Å². The van der Waals surface area contributed by atoms with E-state index in [4.69, 9.17) is 6.42 Å². The summed E-state index contributed by atoms with van der Waals surface area (Å²) in [6, 6.07) is 0.481. The minimum atomic E-state index is 0.309. The van der Waals surface area contributed by atoms with Gasteiger partial charge in [0.2, 0.25) is 0 Å². The molecule has 84 valence electrons. The van der Waals surface area contributed by atoms with Gasteiger partial charge in [0.05, 0.1) is 0 Å². The van der Waals surface area contributed by atoms with Crippen LogP contribution in [-0.4, -0.2) is 29.8 Å². The van der Waals surface area contributed by atoms with E-state index in [2.05, 4.69) is 10.8 Å². The van der Waals surface area contributed by atoms with Crippen LogP contribution in [0.5, 0.6) is 0 Å². The molecule has 0 radical (unpaired) electrons. The van der Waals surface area contributed by atoms with Gasteiger partial charge in [-0.25, -0.2) is 0 Å². The van der Waals surface area contributed by atoms with Gasteiger partial charge in [-0.1, -0.05) is 6.42 Å². The van der Waals surface area contributed by atoms with Gasteiger partial charge in [-0.2, -0.15) is 0 Å². The molecule has 0 N–H and O–H groups in total. The summed E-state index contributed by atoms with van der Waals surface area (Å²) in [5.74, 6) is 2.98. The predicted molar refractivity (Wildman–Crippen MR) is 62.6 cm³/mol. The molecule has 0 amide bonds. The van der Waals surface area contributed by atoms with Crippen LogP contribution in [0.1, 0.15) is 45.4 Å². The summed E-state index contributed by atoms with van der Waals surface area (Å²) in [4.78, 5) is 13.6. The van der Waals surface area contributed by atoms with Crippen molar-refractivity contribution in [1.29, 1.82) is 0 Å². The molecule has 0 aromatic heterocycles.